The Hall–Kier alpha value is -1.94. The standard InChI is InChI=1S/C20H26FNO2.C2H6/c1-7-13-8-9-14(15-11-18(23-5)22-12-17(15)21)16(10-13)19(24-6)20(2,3)4;1-2/h8-12,19H,7H2,1-6H3;1-2H3. The molecule has 1 heterocycles. The van der Waals surface area contributed by atoms with E-state index in [1.165, 1.54) is 18.9 Å². The molecule has 2 rings (SSSR count). The molecule has 144 valence electrons. The molecule has 0 saturated carbocycles. The Morgan fingerprint density at radius 1 is 1.08 bits per heavy atom. The van der Waals surface area contributed by atoms with Crippen LogP contribution in [0.1, 0.15) is 58.8 Å². The molecule has 0 aliphatic rings. The van der Waals surface area contributed by atoms with Crippen LogP contribution in [-0.2, 0) is 11.2 Å². The highest BCUT2D eigenvalue weighted by Gasteiger charge is 2.29. The van der Waals surface area contributed by atoms with Gasteiger partial charge in [-0.1, -0.05) is 59.7 Å². The van der Waals surface area contributed by atoms with Gasteiger partial charge in [-0.25, -0.2) is 9.37 Å². The third-order valence-electron chi connectivity index (χ3n) is 4.16. The number of ether oxygens (including phenoxy) is 2. The van der Waals surface area contributed by atoms with Crippen molar-refractivity contribution in [3.63, 3.8) is 0 Å². The van der Waals surface area contributed by atoms with E-state index in [0.717, 1.165) is 17.5 Å². The van der Waals surface area contributed by atoms with Gasteiger partial charge in [-0.2, -0.15) is 0 Å². The molecule has 0 spiro atoms. The van der Waals surface area contributed by atoms with Crippen LogP contribution in [0.2, 0.25) is 0 Å². The van der Waals surface area contributed by atoms with Gasteiger partial charge in [-0.3, -0.25) is 0 Å². The number of pyridine rings is 1. The Bertz CT molecular complexity index is 708. The average molecular weight is 362 g/mol. The molecule has 1 unspecified atom stereocenters. The molecule has 4 heteroatoms. The predicted octanol–water partition coefficient (Wildman–Crippen LogP) is 6.22. The van der Waals surface area contributed by atoms with Crippen molar-refractivity contribution in [3.05, 3.63) is 47.4 Å². The third-order valence-corrected chi connectivity index (χ3v) is 4.16. The topological polar surface area (TPSA) is 31.4 Å². The summed E-state index contributed by atoms with van der Waals surface area (Å²) in [5.41, 5.74) is 3.35. The van der Waals surface area contributed by atoms with Crippen LogP contribution in [0.25, 0.3) is 11.1 Å². The van der Waals surface area contributed by atoms with E-state index in [-0.39, 0.29) is 17.3 Å². The molecule has 0 radical (unpaired) electrons. The molecule has 1 atom stereocenters. The van der Waals surface area contributed by atoms with Gasteiger partial charge < -0.3 is 9.47 Å². The monoisotopic (exact) mass is 361 g/mol. The van der Waals surface area contributed by atoms with E-state index in [9.17, 15) is 4.39 Å². The van der Waals surface area contributed by atoms with Crippen molar-refractivity contribution in [3.8, 4) is 17.0 Å². The highest BCUT2D eigenvalue weighted by Crippen LogP contribution is 2.41. The van der Waals surface area contributed by atoms with E-state index in [4.69, 9.17) is 9.47 Å². The van der Waals surface area contributed by atoms with Crippen molar-refractivity contribution in [2.75, 3.05) is 14.2 Å². The number of hydrogen-bond acceptors (Lipinski definition) is 3. The van der Waals surface area contributed by atoms with Crippen LogP contribution in [0.4, 0.5) is 4.39 Å². The second-order valence-corrected chi connectivity index (χ2v) is 6.96. The van der Waals surface area contributed by atoms with Crippen molar-refractivity contribution in [1.29, 1.82) is 0 Å². The summed E-state index contributed by atoms with van der Waals surface area (Å²) in [5.74, 6) is 0.0201. The first-order valence-electron chi connectivity index (χ1n) is 9.17. The van der Waals surface area contributed by atoms with Crippen LogP contribution < -0.4 is 4.74 Å². The number of methoxy groups -OCH3 is 2. The number of hydrogen-bond donors (Lipinski definition) is 0. The zero-order valence-corrected chi connectivity index (χ0v) is 17.3. The summed E-state index contributed by atoms with van der Waals surface area (Å²) in [6, 6.07) is 7.74. The van der Waals surface area contributed by atoms with Gasteiger partial charge in [0.15, 0.2) is 0 Å². The lowest BCUT2D eigenvalue weighted by atomic mass is 9.81. The molecule has 0 saturated heterocycles. The molecular weight excluding hydrogens is 329 g/mol. The molecular formula is C22H32FNO2. The fourth-order valence-electron chi connectivity index (χ4n) is 2.98. The Morgan fingerprint density at radius 2 is 1.73 bits per heavy atom. The van der Waals surface area contributed by atoms with E-state index < -0.39 is 0 Å². The molecule has 3 nitrogen and oxygen atoms in total. The van der Waals surface area contributed by atoms with Crippen molar-refractivity contribution in [1.82, 2.24) is 4.98 Å². The summed E-state index contributed by atoms with van der Waals surface area (Å²) >= 11 is 0. The molecule has 0 N–H and O–H groups in total. The molecule has 26 heavy (non-hydrogen) atoms. The summed E-state index contributed by atoms with van der Waals surface area (Å²) in [4.78, 5) is 3.93. The maximum absolute atomic E-state index is 14.5. The second-order valence-electron chi connectivity index (χ2n) is 6.96. The van der Waals surface area contributed by atoms with Crippen molar-refractivity contribution in [2.24, 2.45) is 5.41 Å². The maximum atomic E-state index is 14.5. The summed E-state index contributed by atoms with van der Waals surface area (Å²) in [7, 11) is 3.22. The van der Waals surface area contributed by atoms with Gasteiger partial charge in [0.2, 0.25) is 5.88 Å². The molecule has 0 amide bonds. The van der Waals surface area contributed by atoms with Crippen molar-refractivity contribution >= 4 is 0 Å². The van der Waals surface area contributed by atoms with Crippen LogP contribution in [0, 0.1) is 11.2 Å². The second kappa shape index (κ2) is 9.67. The number of halogens is 1. The van der Waals surface area contributed by atoms with Gasteiger partial charge in [0.05, 0.1) is 19.4 Å². The lowest BCUT2D eigenvalue weighted by molar-refractivity contribution is 0.0155. The predicted molar refractivity (Wildman–Crippen MR) is 106 cm³/mol. The Labute approximate surface area is 157 Å². The number of aromatic nitrogens is 1. The maximum Gasteiger partial charge on any atom is 0.213 e. The minimum atomic E-state index is -0.370. The smallest absolute Gasteiger partial charge is 0.213 e. The van der Waals surface area contributed by atoms with Gasteiger partial charge in [-0.05, 0) is 28.5 Å². The molecule has 0 aliphatic carbocycles. The molecule has 2 aromatic rings. The Morgan fingerprint density at radius 3 is 2.23 bits per heavy atom. The normalized spacial score (nSPS) is 12.2. The SMILES string of the molecule is CC.CCc1ccc(-c2cc(OC)ncc2F)c(C(OC)C(C)(C)C)c1. The fraction of sp³-hybridized carbons (Fsp3) is 0.500. The highest BCUT2D eigenvalue weighted by atomic mass is 19.1. The quantitative estimate of drug-likeness (QED) is 0.633. The largest absolute Gasteiger partial charge is 0.481 e. The third kappa shape index (κ3) is 5.04. The Kier molecular flexibility index (Phi) is 8.22. The molecule has 0 bridgehead atoms. The summed E-state index contributed by atoms with van der Waals surface area (Å²) < 4.78 is 25.4. The first kappa shape index (κ1) is 22.1. The molecule has 0 aliphatic heterocycles. The zero-order valence-electron chi connectivity index (χ0n) is 17.3. The van der Waals surface area contributed by atoms with E-state index >= 15 is 0 Å². The van der Waals surface area contributed by atoms with Crippen LogP contribution in [0.3, 0.4) is 0 Å². The highest BCUT2D eigenvalue weighted by molar-refractivity contribution is 5.70. The van der Waals surface area contributed by atoms with Crippen LogP contribution in [0.5, 0.6) is 5.88 Å². The molecule has 0 fully saturated rings. The van der Waals surface area contributed by atoms with Crippen molar-refractivity contribution in [2.45, 2.75) is 54.1 Å². The average Bonchev–Trinajstić information content (AvgIpc) is 2.63. The van der Waals surface area contributed by atoms with Gasteiger partial charge in [0.25, 0.3) is 0 Å². The number of benzene rings is 1. The molecule has 1 aromatic carbocycles. The van der Waals surface area contributed by atoms with Gasteiger partial charge in [-0.15, -0.1) is 0 Å². The number of aryl methyl sites for hydroxylation is 1. The summed E-state index contributed by atoms with van der Waals surface area (Å²) in [6.07, 6.45) is 1.96. The summed E-state index contributed by atoms with van der Waals surface area (Å²) in [5, 5.41) is 0. The Balaban J connectivity index is 0.00000163. The zero-order chi connectivity index (χ0) is 19.9. The van der Waals surface area contributed by atoms with Crippen LogP contribution in [-0.4, -0.2) is 19.2 Å². The van der Waals surface area contributed by atoms with Crippen LogP contribution >= 0.6 is 0 Å². The van der Waals surface area contributed by atoms with E-state index in [0.29, 0.717) is 11.4 Å². The fourth-order valence-corrected chi connectivity index (χ4v) is 2.98. The minimum absolute atomic E-state index is 0.122. The van der Waals surface area contributed by atoms with E-state index in [2.05, 4.69) is 38.7 Å². The first-order valence-corrected chi connectivity index (χ1v) is 9.17. The van der Waals surface area contributed by atoms with Crippen molar-refractivity contribution < 1.29 is 13.9 Å². The lowest BCUT2D eigenvalue weighted by Gasteiger charge is -2.31. The van der Waals surface area contributed by atoms with Gasteiger partial charge in [0, 0.05) is 18.7 Å². The number of rotatable bonds is 5. The van der Waals surface area contributed by atoms with Gasteiger partial charge >= 0.3 is 0 Å². The van der Waals surface area contributed by atoms with E-state index in [1.54, 1.807) is 13.2 Å². The lowest BCUT2D eigenvalue weighted by Crippen LogP contribution is -2.21. The minimum Gasteiger partial charge on any atom is -0.481 e. The van der Waals surface area contributed by atoms with Gasteiger partial charge in [0.1, 0.15) is 5.82 Å². The van der Waals surface area contributed by atoms with Crippen LogP contribution in [0.15, 0.2) is 30.5 Å². The van der Waals surface area contributed by atoms with E-state index in [1.807, 2.05) is 26.0 Å². The molecule has 1 aromatic heterocycles. The first-order chi connectivity index (χ1) is 12.3. The number of nitrogens with zero attached hydrogens (tertiary/aromatic N) is 1. The summed E-state index contributed by atoms with van der Waals surface area (Å²) in [6.45, 7) is 12.5.